The van der Waals surface area contributed by atoms with Crippen molar-refractivity contribution in [2.24, 2.45) is 0 Å². The summed E-state index contributed by atoms with van der Waals surface area (Å²) in [5.41, 5.74) is 1.11. The molecule has 39 heavy (non-hydrogen) atoms. The van der Waals surface area contributed by atoms with Gasteiger partial charge in [0.15, 0.2) is 0 Å². The average molecular weight is 536 g/mol. The molecule has 0 saturated carbocycles. The van der Waals surface area contributed by atoms with Gasteiger partial charge >= 0.3 is 5.69 Å². The summed E-state index contributed by atoms with van der Waals surface area (Å²) in [6, 6.07) is 7.58. The number of H-pyrrole nitrogens is 1. The number of rotatable bonds is 9. The summed E-state index contributed by atoms with van der Waals surface area (Å²) in [4.78, 5) is 53.6. The highest BCUT2D eigenvalue weighted by atomic mass is 16.5. The number of carbonyl (C=O) groups is 2. The zero-order valence-corrected chi connectivity index (χ0v) is 22.5. The molecule has 4 rings (SSSR count). The van der Waals surface area contributed by atoms with Crippen LogP contribution in [0.25, 0.3) is 12.2 Å². The Morgan fingerprint density at radius 2 is 1.97 bits per heavy atom. The first-order chi connectivity index (χ1) is 18.8. The van der Waals surface area contributed by atoms with Crippen LogP contribution in [0.3, 0.4) is 0 Å². The highest BCUT2D eigenvalue weighted by Crippen LogP contribution is 2.26. The number of aromatic amines is 1. The van der Waals surface area contributed by atoms with Crippen LogP contribution in [0.1, 0.15) is 61.9 Å². The molecule has 0 spiro atoms. The van der Waals surface area contributed by atoms with E-state index >= 15 is 0 Å². The van der Waals surface area contributed by atoms with Crippen LogP contribution >= 0.6 is 0 Å². The summed E-state index contributed by atoms with van der Waals surface area (Å²) in [5.74, 6) is -0.237. The molecule has 3 atom stereocenters. The van der Waals surface area contributed by atoms with Gasteiger partial charge in [0.05, 0.1) is 17.7 Å². The zero-order valence-electron chi connectivity index (χ0n) is 22.5. The number of benzene rings is 1. The van der Waals surface area contributed by atoms with Gasteiger partial charge in [0, 0.05) is 25.4 Å². The third kappa shape index (κ3) is 7.87. The molecule has 1 aromatic carbocycles. The lowest BCUT2D eigenvalue weighted by Crippen LogP contribution is -2.47. The van der Waals surface area contributed by atoms with E-state index in [0.29, 0.717) is 18.5 Å². The minimum atomic E-state index is -0.502. The van der Waals surface area contributed by atoms with Crippen LogP contribution in [-0.4, -0.2) is 58.5 Å². The Hall–Kier alpha value is -3.76. The molecule has 0 bridgehead atoms. The largest absolute Gasteiger partial charge is 0.355 e. The molecule has 2 aliphatic rings. The van der Waals surface area contributed by atoms with Gasteiger partial charge in [-0.1, -0.05) is 36.8 Å². The molecule has 10 nitrogen and oxygen atoms in total. The van der Waals surface area contributed by atoms with Crippen LogP contribution in [0.15, 0.2) is 52.2 Å². The molecule has 1 aromatic heterocycles. The van der Waals surface area contributed by atoms with E-state index in [1.165, 1.54) is 16.8 Å². The topological polar surface area (TPSA) is 126 Å². The highest BCUT2D eigenvalue weighted by Gasteiger charge is 2.26. The standard InChI is InChI=1S/C29H37N5O5/c1-20-11-14-26(39-20)34-19-23(27(36)32-29(34)38)9-6-15-30-25(35)13-12-21-7-5-8-22(17-21)18-31-28(37)24-10-3-4-16-33(24)2/h5-9,12-13,17,19-20,24,26H,3-4,10-11,14-16,18H2,1-2H3,(H,30,35)(H,31,37)(H,32,36,38)/b9-6+,13-12+. The second-order valence-corrected chi connectivity index (χ2v) is 10.2. The van der Waals surface area contributed by atoms with Gasteiger partial charge in [0.2, 0.25) is 11.8 Å². The van der Waals surface area contributed by atoms with Crippen LogP contribution in [0.5, 0.6) is 0 Å². The Labute approximate surface area is 227 Å². The summed E-state index contributed by atoms with van der Waals surface area (Å²) in [7, 11) is 1.99. The van der Waals surface area contributed by atoms with E-state index in [-0.39, 0.29) is 30.5 Å². The SMILES string of the molecule is CC1CCC(n2cc(/C=C/CNC(=O)/C=C/c3cccc(CNC(=O)C4CCCCN4C)c3)c(=O)[nH]c2=O)O1. The number of carbonyl (C=O) groups excluding carboxylic acids is 2. The molecule has 0 radical (unpaired) electrons. The van der Waals surface area contributed by atoms with Gasteiger partial charge in [-0.3, -0.25) is 28.8 Å². The average Bonchev–Trinajstić information content (AvgIpc) is 3.36. The van der Waals surface area contributed by atoms with Crippen LogP contribution in [0.4, 0.5) is 0 Å². The molecule has 2 aromatic rings. The van der Waals surface area contributed by atoms with E-state index in [1.54, 1.807) is 18.2 Å². The lowest BCUT2D eigenvalue weighted by atomic mass is 10.0. The molecular weight excluding hydrogens is 498 g/mol. The molecule has 3 unspecified atom stereocenters. The summed E-state index contributed by atoms with van der Waals surface area (Å²) < 4.78 is 7.14. The monoisotopic (exact) mass is 535 g/mol. The number of amides is 2. The molecule has 2 saturated heterocycles. The predicted molar refractivity (Wildman–Crippen MR) is 150 cm³/mol. The number of nitrogens with one attached hydrogen (secondary N) is 3. The fourth-order valence-corrected chi connectivity index (χ4v) is 4.92. The van der Waals surface area contributed by atoms with Gasteiger partial charge in [0.1, 0.15) is 6.23 Å². The Morgan fingerprint density at radius 1 is 1.13 bits per heavy atom. The number of hydrogen-bond donors (Lipinski definition) is 3. The minimum absolute atomic E-state index is 0.0489. The summed E-state index contributed by atoms with van der Waals surface area (Å²) in [6.45, 7) is 3.53. The number of hydrogen-bond acceptors (Lipinski definition) is 6. The van der Waals surface area contributed by atoms with Crippen molar-refractivity contribution >= 4 is 24.0 Å². The molecule has 2 fully saturated rings. The molecule has 10 heteroatoms. The van der Waals surface area contributed by atoms with E-state index in [1.807, 2.05) is 38.2 Å². The van der Waals surface area contributed by atoms with Gasteiger partial charge in [-0.25, -0.2) is 4.79 Å². The van der Waals surface area contributed by atoms with Gasteiger partial charge < -0.3 is 15.4 Å². The number of nitrogens with zero attached hydrogens (tertiary/aromatic N) is 2. The third-order valence-electron chi connectivity index (χ3n) is 7.12. The van der Waals surface area contributed by atoms with Crippen molar-refractivity contribution in [1.82, 2.24) is 25.1 Å². The van der Waals surface area contributed by atoms with Gasteiger partial charge in [-0.15, -0.1) is 0 Å². The number of ether oxygens (including phenoxy) is 1. The summed E-state index contributed by atoms with van der Waals surface area (Å²) >= 11 is 0. The second-order valence-electron chi connectivity index (χ2n) is 10.2. The van der Waals surface area contributed by atoms with Crippen LogP contribution in [-0.2, 0) is 20.9 Å². The molecule has 208 valence electrons. The fourth-order valence-electron chi connectivity index (χ4n) is 4.92. The summed E-state index contributed by atoms with van der Waals surface area (Å²) in [6.07, 6.45) is 12.2. The lowest BCUT2D eigenvalue weighted by molar-refractivity contribution is -0.127. The van der Waals surface area contributed by atoms with E-state index in [2.05, 4.69) is 20.5 Å². The van der Waals surface area contributed by atoms with Crippen LogP contribution in [0, 0.1) is 0 Å². The van der Waals surface area contributed by atoms with Gasteiger partial charge in [0.25, 0.3) is 5.56 Å². The lowest BCUT2D eigenvalue weighted by Gasteiger charge is -2.31. The summed E-state index contributed by atoms with van der Waals surface area (Å²) in [5, 5.41) is 5.77. The normalized spacial score (nSPS) is 21.9. The van der Waals surface area contributed by atoms with Gasteiger partial charge in [-0.2, -0.15) is 0 Å². The number of aromatic nitrogens is 2. The Kier molecular flexibility index (Phi) is 9.67. The first-order valence-corrected chi connectivity index (χ1v) is 13.5. The zero-order chi connectivity index (χ0) is 27.8. The molecule has 2 aliphatic heterocycles. The number of piperidine rings is 1. The molecule has 2 amide bonds. The Balaban J connectivity index is 1.26. The first kappa shape index (κ1) is 28.3. The van der Waals surface area contributed by atoms with Crippen molar-refractivity contribution in [1.29, 1.82) is 0 Å². The Bertz CT molecular complexity index is 1340. The Morgan fingerprint density at radius 3 is 2.74 bits per heavy atom. The van der Waals surface area contributed by atoms with E-state index in [4.69, 9.17) is 4.74 Å². The maximum Gasteiger partial charge on any atom is 0.330 e. The maximum absolute atomic E-state index is 12.6. The van der Waals surface area contributed by atoms with Crippen molar-refractivity contribution < 1.29 is 14.3 Å². The quantitative estimate of drug-likeness (QED) is 0.423. The van der Waals surface area contributed by atoms with E-state index in [9.17, 15) is 19.2 Å². The number of likely N-dealkylation sites (tertiary alicyclic amines) is 1. The van der Waals surface area contributed by atoms with Crippen molar-refractivity contribution in [3.05, 3.63) is 80.1 Å². The minimum Gasteiger partial charge on any atom is -0.355 e. The predicted octanol–water partition coefficient (Wildman–Crippen LogP) is 2.18. The highest BCUT2D eigenvalue weighted by molar-refractivity contribution is 5.91. The maximum atomic E-state index is 12.6. The van der Waals surface area contributed by atoms with Crippen molar-refractivity contribution in [2.75, 3.05) is 20.1 Å². The van der Waals surface area contributed by atoms with E-state index < -0.39 is 17.5 Å². The smallest absolute Gasteiger partial charge is 0.330 e. The molecule has 3 N–H and O–H groups in total. The van der Waals surface area contributed by atoms with Crippen LogP contribution < -0.4 is 21.9 Å². The molecule has 0 aliphatic carbocycles. The van der Waals surface area contributed by atoms with Crippen molar-refractivity contribution in [2.45, 2.75) is 63.9 Å². The number of likely N-dealkylation sites (N-methyl/N-ethyl adjacent to an activating group) is 1. The first-order valence-electron chi connectivity index (χ1n) is 13.5. The van der Waals surface area contributed by atoms with Gasteiger partial charge in [-0.05, 0) is 69.5 Å². The van der Waals surface area contributed by atoms with Crippen molar-refractivity contribution in [3.63, 3.8) is 0 Å². The van der Waals surface area contributed by atoms with Crippen molar-refractivity contribution in [3.8, 4) is 0 Å². The van der Waals surface area contributed by atoms with E-state index in [0.717, 1.165) is 43.4 Å². The molecule has 3 heterocycles. The second kappa shape index (κ2) is 13.3. The third-order valence-corrected chi connectivity index (χ3v) is 7.12. The fraction of sp³-hybridized carbons (Fsp3) is 0.448. The molecular formula is C29H37N5O5. The van der Waals surface area contributed by atoms with Crippen LogP contribution in [0.2, 0.25) is 0 Å².